The number of likely N-dealkylation sites (tertiary alicyclic amines) is 1. The summed E-state index contributed by atoms with van der Waals surface area (Å²) < 4.78 is 0. The van der Waals surface area contributed by atoms with Crippen LogP contribution in [0.15, 0.2) is 24.3 Å². The van der Waals surface area contributed by atoms with Gasteiger partial charge in [0.2, 0.25) is 11.8 Å². The smallest absolute Gasteiger partial charge is 0.247 e. The van der Waals surface area contributed by atoms with Crippen LogP contribution in [0.4, 0.5) is 5.69 Å². The number of anilines is 1. The van der Waals surface area contributed by atoms with E-state index in [9.17, 15) is 9.59 Å². The van der Waals surface area contributed by atoms with E-state index < -0.39 is 5.54 Å². The van der Waals surface area contributed by atoms with Gasteiger partial charge in [-0.25, -0.2) is 0 Å². The number of carbonyl (C=O) groups is 2. The van der Waals surface area contributed by atoms with Crippen molar-refractivity contribution in [2.75, 3.05) is 25.0 Å². The van der Waals surface area contributed by atoms with Gasteiger partial charge >= 0.3 is 0 Å². The number of hydrogen-bond acceptors (Lipinski definition) is 3. The zero-order valence-corrected chi connectivity index (χ0v) is 16.2. The minimum atomic E-state index is -0.638. The molecule has 5 heteroatoms. The van der Waals surface area contributed by atoms with Crippen molar-refractivity contribution in [3.05, 3.63) is 29.8 Å². The molecule has 1 aromatic carbocycles. The average molecular weight is 357 g/mol. The lowest BCUT2D eigenvalue weighted by Crippen LogP contribution is -2.53. The zero-order chi connectivity index (χ0) is 18.8. The molecule has 0 aliphatic carbocycles. The molecule has 0 atom stereocenters. The van der Waals surface area contributed by atoms with Crippen molar-refractivity contribution in [1.82, 2.24) is 10.2 Å². The average Bonchev–Trinajstić information content (AvgIpc) is 2.79. The predicted octanol–water partition coefficient (Wildman–Crippen LogP) is 3.09. The summed E-state index contributed by atoms with van der Waals surface area (Å²) in [5.74, 6) is 0.319. The van der Waals surface area contributed by atoms with Gasteiger partial charge in [0.05, 0.1) is 0 Å². The lowest BCUT2D eigenvalue weighted by Gasteiger charge is -2.43. The molecule has 2 fully saturated rings. The van der Waals surface area contributed by atoms with Crippen LogP contribution >= 0.6 is 0 Å². The quantitative estimate of drug-likeness (QED) is 0.874. The number of amides is 2. The van der Waals surface area contributed by atoms with E-state index in [-0.39, 0.29) is 17.2 Å². The fraction of sp³-hybridized carbons (Fsp3) is 0.619. The Labute approximate surface area is 156 Å². The number of benzene rings is 1. The zero-order valence-electron chi connectivity index (χ0n) is 16.2. The molecule has 2 N–H and O–H groups in total. The molecule has 5 nitrogen and oxygen atoms in total. The van der Waals surface area contributed by atoms with Gasteiger partial charge in [0.1, 0.15) is 5.54 Å². The van der Waals surface area contributed by atoms with E-state index in [1.54, 1.807) is 0 Å². The second-order valence-corrected chi connectivity index (χ2v) is 8.51. The third kappa shape index (κ3) is 4.19. The number of hydrogen-bond donors (Lipinski definition) is 2. The van der Waals surface area contributed by atoms with Gasteiger partial charge < -0.3 is 15.5 Å². The van der Waals surface area contributed by atoms with E-state index in [4.69, 9.17) is 0 Å². The molecule has 2 heterocycles. The first-order valence-electron chi connectivity index (χ1n) is 9.71. The molecule has 0 saturated carbocycles. The fourth-order valence-corrected chi connectivity index (χ4v) is 4.19. The van der Waals surface area contributed by atoms with Crippen LogP contribution in [0, 0.1) is 12.3 Å². The topological polar surface area (TPSA) is 61.4 Å². The molecule has 26 heavy (non-hydrogen) atoms. The number of nitrogens with one attached hydrogen (secondary N) is 2. The highest BCUT2D eigenvalue weighted by atomic mass is 16.2. The predicted molar refractivity (Wildman–Crippen MR) is 104 cm³/mol. The Morgan fingerprint density at radius 1 is 1.12 bits per heavy atom. The summed E-state index contributed by atoms with van der Waals surface area (Å²) in [6.07, 6.45) is 4.59. The third-order valence-corrected chi connectivity index (χ3v) is 6.01. The van der Waals surface area contributed by atoms with E-state index in [0.717, 1.165) is 51.0 Å². The van der Waals surface area contributed by atoms with Crippen LogP contribution in [0.5, 0.6) is 0 Å². The van der Waals surface area contributed by atoms with Crippen molar-refractivity contribution in [3.63, 3.8) is 0 Å². The molecular weight excluding hydrogens is 326 g/mol. The molecule has 0 radical (unpaired) electrons. The first-order chi connectivity index (χ1) is 12.3. The van der Waals surface area contributed by atoms with E-state index >= 15 is 0 Å². The van der Waals surface area contributed by atoms with Gasteiger partial charge in [0.15, 0.2) is 0 Å². The van der Waals surface area contributed by atoms with Crippen LogP contribution < -0.4 is 10.6 Å². The summed E-state index contributed by atoms with van der Waals surface area (Å²) in [4.78, 5) is 26.7. The summed E-state index contributed by atoms with van der Waals surface area (Å²) in [7, 11) is 0. The first kappa shape index (κ1) is 18.7. The van der Waals surface area contributed by atoms with E-state index in [1.165, 1.54) is 5.56 Å². The highest BCUT2D eigenvalue weighted by Crippen LogP contribution is 2.40. The number of piperidine rings is 1. The van der Waals surface area contributed by atoms with Gasteiger partial charge in [-0.3, -0.25) is 9.59 Å². The molecule has 0 aromatic heterocycles. The SMILES string of the molecule is Cc1ccc(NC(C)(C)C(=O)N2CCC3(CCNC(=O)CC3)CC2)cc1. The molecule has 1 spiro atoms. The number of aryl methyl sites for hydroxylation is 1. The van der Waals surface area contributed by atoms with Crippen molar-refractivity contribution in [2.45, 2.75) is 58.4 Å². The number of nitrogens with zero attached hydrogens (tertiary/aromatic N) is 1. The highest BCUT2D eigenvalue weighted by Gasteiger charge is 2.40. The second kappa shape index (κ2) is 7.29. The normalized spacial score (nSPS) is 20.4. The van der Waals surface area contributed by atoms with Gasteiger partial charge in [-0.05, 0) is 64.0 Å². The van der Waals surface area contributed by atoms with E-state index in [2.05, 4.69) is 29.7 Å². The molecule has 1 aromatic rings. The summed E-state index contributed by atoms with van der Waals surface area (Å²) >= 11 is 0. The molecule has 2 aliphatic rings. The van der Waals surface area contributed by atoms with Gasteiger partial charge in [0.25, 0.3) is 0 Å². The summed E-state index contributed by atoms with van der Waals surface area (Å²) in [5, 5.41) is 6.36. The van der Waals surface area contributed by atoms with Crippen LogP contribution in [0.25, 0.3) is 0 Å². The monoisotopic (exact) mass is 357 g/mol. The summed E-state index contributed by atoms with van der Waals surface area (Å²) in [6, 6.07) is 8.14. The van der Waals surface area contributed by atoms with E-state index in [1.807, 2.05) is 30.9 Å². The van der Waals surface area contributed by atoms with Crippen LogP contribution in [-0.2, 0) is 9.59 Å². The van der Waals surface area contributed by atoms with Crippen molar-refractivity contribution in [3.8, 4) is 0 Å². The Bertz CT molecular complexity index is 658. The minimum Gasteiger partial charge on any atom is -0.372 e. The number of rotatable bonds is 3. The maximum Gasteiger partial charge on any atom is 0.247 e. The van der Waals surface area contributed by atoms with Crippen molar-refractivity contribution < 1.29 is 9.59 Å². The molecule has 2 saturated heterocycles. The Morgan fingerprint density at radius 2 is 1.77 bits per heavy atom. The molecule has 0 unspecified atom stereocenters. The van der Waals surface area contributed by atoms with Crippen molar-refractivity contribution in [1.29, 1.82) is 0 Å². The maximum absolute atomic E-state index is 13.1. The van der Waals surface area contributed by atoms with Gasteiger partial charge in [0, 0.05) is 31.7 Å². The lowest BCUT2D eigenvalue weighted by atomic mass is 9.72. The minimum absolute atomic E-state index is 0.149. The molecule has 2 amide bonds. The Balaban J connectivity index is 1.60. The second-order valence-electron chi connectivity index (χ2n) is 8.51. The van der Waals surface area contributed by atoms with Gasteiger partial charge in [-0.2, -0.15) is 0 Å². The Kier molecular flexibility index (Phi) is 5.26. The first-order valence-corrected chi connectivity index (χ1v) is 9.71. The van der Waals surface area contributed by atoms with Crippen molar-refractivity contribution >= 4 is 17.5 Å². The van der Waals surface area contributed by atoms with E-state index in [0.29, 0.717) is 6.42 Å². The standard InChI is InChI=1S/C21H31N3O2/c1-16-4-6-17(7-5-16)23-20(2,3)19(26)24-14-11-21(12-15-24)9-8-18(25)22-13-10-21/h4-7,23H,8-15H2,1-3H3,(H,22,25). The van der Waals surface area contributed by atoms with Crippen LogP contribution in [0.3, 0.4) is 0 Å². The lowest BCUT2D eigenvalue weighted by molar-refractivity contribution is -0.137. The van der Waals surface area contributed by atoms with Crippen LogP contribution in [0.1, 0.15) is 51.5 Å². The third-order valence-electron chi connectivity index (χ3n) is 6.01. The summed E-state index contributed by atoms with van der Waals surface area (Å²) in [6.45, 7) is 8.30. The van der Waals surface area contributed by atoms with Crippen LogP contribution in [-0.4, -0.2) is 41.9 Å². The number of carbonyl (C=O) groups excluding carboxylic acids is 2. The summed E-state index contributed by atoms with van der Waals surface area (Å²) in [5.41, 5.74) is 1.76. The maximum atomic E-state index is 13.1. The molecular formula is C21H31N3O2. The molecule has 2 aliphatic heterocycles. The van der Waals surface area contributed by atoms with Gasteiger partial charge in [-0.1, -0.05) is 17.7 Å². The molecule has 3 rings (SSSR count). The largest absolute Gasteiger partial charge is 0.372 e. The van der Waals surface area contributed by atoms with Crippen molar-refractivity contribution in [2.24, 2.45) is 5.41 Å². The molecule has 0 bridgehead atoms. The Morgan fingerprint density at radius 3 is 2.42 bits per heavy atom. The fourth-order valence-electron chi connectivity index (χ4n) is 4.19. The Hall–Kier alpha value is -2.04. The van der Waals surface area contributed by atoms with Gasteiger partial charge in [-0.15, -0.1) is 0 Å². The molecule has 142 valence electrons. The highest BCUT2D eigenvalue weighted by molar-refractivity contribution is 5.88. The van der Waals surface area contributed by atoms with Crippen LogP contribution in [0.2, 0.25) is 0 Å².